The highest BCUT2D eigenvalue weighted by Gasteiger charge is 2.20. The molecule has 1 atom stereocenters. The van der Waals surface area contributed by atoms with Crippen molar-refractivity contribution in [2.45, 2.75) is 31.3 Å². The number of aryl methyl sites for hydroxylation is 1. The number of benzene rings is 1. The summed E-state index contributed by atoms with van der Waals surface area (Å²) in [5.41, 5.74) is 7.43. The molecule has 0 spiro atoms. The Morgan fingerprint density at radius 3 is 2.62 bits per heavy atom. The fourth-order valence-electron chi connectivity index (χ4n) is 1.95. The second-order valence-corrected chi connectivity index (χ2v) is 8.24. The first-order valence-corrected chi connectivity index (χ1v) is 9.08. The smallest absolute Gasteiger partial charge is 0.241 e. The fourth-order valence-corrected chi connectivity index (χ4v) is 4.37. The summed E-state index contributed by atoms with van der Waals surface area (Å²) in [4.78, 5) is 1.10. The van der Waals surface area contributed by atoms with Gasteiger partial charge >= 0.3 is 0 Å². The van der Waals surface area contributed by atoms with Gasteiger partial charge in [-0.2, -0.15) is 0 Å². The molecule has 1 unspecified atom stereocenters. The van der Waals surface area contributed by atoms with Crippen LogP contribution in [0.15, 0.2) is 35.2 Å². The van der Waals surface area contributed by atoms with Crippen molar-refractivity contribution in [3.8, 4) is 0 Å². The van der Waals surface area contributed by atoms with Gasteiger partial charge in [-0.15, -0.1) is 11.3 Å². The highest BCUT2D eigenvalue weighted by Crippen LogP contribution is 2.28. The number of sulfonamides is 1. The van der Waals surface area contributed by atoms with Crippen LogP contribution in [-0.2, 0) is 16.6 Å². The molecule has 4 nitrogen and oxygen atoms in total. The maximum absolute atomic E-state index is 12.4. The normalized spacial score (nSPS) is 13.3. The van der Waals surface area contributed by atoms with Crippen molar-refractivity contribution in [2.75, 3.05) is 0 Å². The van der Waals surface area contributed by atoms with E-state index in [9.17, 15) is 8.42 Å². The Bertz CT molecular complexity index is 741. The lowest BCUT2D eigenvalue weighted by atomic mass is 10.1. The monoisotopic (exact) mass is 344 g/mol. The van der Waals surface area contributed by atoms with Gasteiger partial charge in [0.25, 0.3) is 0 Å². The number of rotatable bonds is 5. The zero-order chi connectivity index (χ0) is 15.6. The van der Waals surface area contributed by atoms with Crippen molar-refractivity contribution in [2.24, 2.45) is 5.73 Å². The molecule has 0 radical (unpaired) electrons. The van der Waals surface area contributed by atoms with Crippen molar-refractivity contribution < 1.29 is 8.42 Å². The largest absolute Gasteiger partial charge is 0.326 e. The van der Waals surface area contributed by atoms with Crippen LogP contribution in [0.2, 0.25) is 4.34 Å². The molecule has 0 bridgehead atoms. The molecule has 7 heteroatoms. The van der Waals surface area contributed by atoms with E-state index in [4.69, 9.17) is 17.3 Å². The van der Waals surface area contributed by atoms with E-state index in [0.717, 1.165) is 16.0 Å². The average molecular weight is 345 g/mol. The van der Waals surface area contributed by atoms with E-state index in [2.05, 4.69) is 4.72 Å². The molecule has 2 rings (SSSR count). The standard InChI is InChI=1S/C14H17ClN2O2S2/c1-9-3-4-12(7-11(9)8-16)21(18,19)17-10(2)13-5-6-14(15)20-13/h3-7,10,17H,8,16H2,1-2H3. The fraction of sp³-hybridized carbons (Fsp3) is 0.286. The molecule has 21 heavy (non-hydrogen) atoms. The minimum atomic E-state index is -3.59. The van der Waals surface area contributed by atoms with Gasteiger partial charge < -0.3 is 5.73 Å². The predicted molar refractivity (Wildman–Crippen MR) is 87.1 cm³/mol. The van der Waals surface area contributed by atoms with Crippen molar-refractivity contribution in [3.05, 3.63) is 50.7 Å². The number of halogens is 1. The highest BCUT2D eigenvalue weighted by molar-refractivity contribution is 7.89. The van der Waals surface area contributed by atoms with Crippen LogP contribution < -0.4 is 10.5 Å². The highest BCUT2D eigenvalue weighted by atomic mass is 35.5. The maximum Gasteiger partial charge on any atom is 0.241 e. The predicted octanol–water partition coefficient (Wildman–Crippen LogP) is 3.21. The Hall–Kier alpha value is -0.920. The van der Waals surface area contributed by atoms with Crippen LogP contribution in [-0.4, -0.2) is 8.42 Å². The number of nitrogens with one attached hydrogen (secondary N) is 1. The Labute approximate surface area is 134 Å². The Kier molecular flexibility index (Phi) is 5.06. The number of hydrogen-bond acceptors (Lipinski definition) is 4. The van der Waals surface area contributed by atoms with Crippen LogP contribution in [0.4, 0.5) is 0 Å². The molecule has 0 saturated heterocycles. The third kappa shape index (κ3) is 3.84. The summed E-state index contributed by atoms with van der Waals surface area (Å²) in [6.07, 6.45) is 0. The summed E-state index contributed by atoms with van der Waals surface area (Å²) in [7, 11) is -3.59. The Balaban J connectivity index is 2.26. The molecule has 1 aromatic carbocycles. The zero-order valence-electron chi connectivity index (χ0n) is 11.8. The molecule has 0 aliphatic rings. The second-order valence-electron chi connectivity index (χ2n) is 4.78. The van der Waals surface area contributed by atoms with Crippen LogP contribution in [0.5, 0.6) is 0 Å². The molecular formula is C14H17ClN2O2S2. The lowest BCUT2D eigenvalue weighted by molar-refractivity contribution is 0.568. The summed E-state index contributed by atoms with van der Waals surface area (Å²) in [5.74, 6) is 0. The summed E-state index contributed by atoms with van der Waals surface area (Å²) >= 11 is 7.24. The van der Waals surface area contributed by atoms with Gasteiger partial charge in [-0.3, -0.25) is 0 Å². The minimum Gasteiger partial charge on any atom is -0.326 e. The van der Waals surface area contributed by atoms with Gasteiger partial charge in [0.2, 0.25) is 10.0 Å². The Morgan fingerprint density at radius 2 is 2.05 bits per heavy atom. The van der Waals surface area contributed by atoms with Crippen molar-refractivity contribution >= 4 is 33.0 Å². The van der Waals surface area contributed by atoms with Gasteiger partial charge in [-0.05, 0) is 49.2 Å². The molecule has 0 fully saturated rings. The summed E-state index contributed by atoms with van der Waals surface area (Å²) in [5, 5.41) is 0. The first-order valence-electron chi connectivity index (χ1n) is 6.40. The van der Waals surface area contributed by atoms with E-state index in [-0.39, 0.29) is 10.9 Å². The first kappa shape index (κ1) is 16.5. The second kappa shape index (κ2) is 6.46. The summed E-state index contributed by atoms with van der Waals surface area (Å²) in [6.45, 7) is 4.01. The molecule has 0 saturated carbocycles. The lowest BCUT2D eigenvalue weighted by Gasteiger charge is -2.14. The topological polar surface area (TPSA) is 72.2 Å². The average Bonchev–Trinajstić information content (AvgIpc) is 2.85. The molecule has 3 N–H and O–H groups in total. The maximum atomic E-state index is 12.4. The molecule has 0 aliphatic carbocycles. The molecule has 1 heterocycles. The van der Waals surface area contributed by atoms with E-state index in [0.29, 0.717) is 10.9 Å². The Morgan fingerprint density at radius 1 is 1.33 bits per heavy atom. The minimum absolute atomic E-state index is 0.225. The van der Waals surface area contributed by atoms with Gasteiger partial charge in [0.15, 0.2) is 0 Å². The number of nitrogens with two attached hydrogens (primary N) is 1. The van der Waals surface area contributed by atoms with Gasteiger partial charge in [-0.25, -0.2) is 13.1 Å². The van der Waals surface area contributed by atoms with Crippen LogP contribution in [0.25, 0.3) is 0 Å². The van der Waals surface area contributed by atoms with Gasteiger partial charge in [0, 0.05) is 11.4 Å². The molecule has 114 valence electrons. The van der Waals surface area contributed by atoms with E-state index >= 15 is 0 Å². The summed E-state index contributed by atoms with van der Waals surface area (Å²) in [6, 6.07) is 8.21. The van der Waals surface area contributed by atoms with Crippen molar-refractivity contribution in [3.63, 3.8) is 0 Å². The van der Waals surface area contributed by atoms with E-state index in [1.807, 2.05) is 13.0 Å². The van der Waals surface area contributed by atoms with Crippen LogP contribution in [0.3, 0.4) is 0 Å². The van der Waals surface area contributed by atoms with E-state index in [1.165, 1.54) is 11.3 Å². The lowest BCUT2D eigenvalue weighted by Crippen LogP contribution is -2.26. The number of thiophene rings is 1. The third-order valence-corrected chi connectivity index (χ3v) is 6.16. The van der Waals surface area contributed by atoms with E-state index < -0.39 is 10.0 Å². The van der Waals surface area contributed by atoms with Gasteiger partial charge in [-0.1, -0.05) is 17.7 Å². The van der Waals surface area contributed by atoms with E-state index in [1.54, 1.807) is 31.2 Å². The van der Waals surface area contributed by atoms with Crippen LogP contribution >= 0.6 is 22.9 Å². The SMILES string of the molecule is Cc1ccc(S(=O)(=O)NC(C)c2ccc(Cl)s2)cc1CN. The third-order valence-electron chi connectivity index (χ3n) is 3.20. The van der Waals surface area contributed by atoms with Gasteiger partial charge in [0.05, 0.1) is 15.3 Å². The molecule has 0 amide bonds. The number of hydrogen-bond donors (Lipinski definition) is 2. The van der Waals surface area contributed by atoms with Crippen LogP contribution in [0, 0.1) is 6.92 Å². The van der Waals surface area contributed by atoms with Crippen LogP contribution in [0.1, 0.15) is 29.0 Å². The first-order chi connectivity index (χ1) is 9.83. The zero-order valence-corrected chi connectivity index (χ0v) is 14.1. The molecule has 1 aromatic heterocycles. The molecular weight excluding hydrogens is 328 g/mol. The van der Waals surface area contributed by atoms with Crippen molar-refractivity contribution in [1.82, 2.24) is 4.72 Å². The quantitative estimate of drug-likeness (QED) is 0.874. The molecule has 0 aliphatic heterocycles. The van der Waals surface area contributed by atoms with Gasteiger partial charge in [0.1, 0.15) is 0 Å². The molecule has 2 aromatic rings. The van der Waals surface area contributed by atoms with Crippen molar-refractivity contribution in [1.29, 1.82) is 0 Å². The summed E-state index contributed by atoms with van der Waals surface area (Å²) < 4.78 is 28.1.